The molecule has 0 aliphatic carbocycles. The van der Waals surface area contributed by atoms with Crippen molar-refractivity contribution in [1.29, 1.82) is 0 Å². The van der Waals surface area contributed by atoms with Gasteiger partial charge < -0.3 is 18.9 Å². The summed E-state index contributed by atoms with van der Waals surface area (Å²) in [4.78, 5) is 35.5. The molecular formula is C53H95NO8P+. The molecule has 0 amide bonds. The summed E-state index contributed by atoms with van der Waals surface area (Å²) in [6.45, 7) is 4.29. The molecule has 364 valence electrons. The number of hydrogen-bond acceptors (Lipinski definition) is 7. The Hall–Kier alpha value is -2.55. The van der Waals surface area contributed by atoms with Crippen molar-refractivity contribution in [1.82, 2.24) is 0 Å². The molecule has 9 nitrogen and oxygen atoms in total. The van der Waals surface area contributed by atoms with E-state index in [1.54, 1.807) is 0 Å². The molecule has 63 heavy (non-hydrogen) atoms. The number of likely N-dealkylation sites (N-methyl/N-ethyl adjacent to an activating group) is 1. The lowest BCUT2D eigenvalue weighted by Crippen LogP contribution is -2.37. The molecule has 0 bridgehead atoms. The van der Waals surface area contributed by atoms with E-state index in [9.17, 15) is 19.0 Å². The van der Waals surface area contributed by atoms with Gasteiger partial charge in [-0.2, -0.15) is 0 Å². The number of carbonyl (C=O) groups excluding carboxylic acids is 2. The SMILES string of the molecule is CC/C=C\C/C=C\C/C=C\C/C=C\C/C=C\C/C=C\CCCCCCC(=O)OC(COC(=O)CCCCCCCCCCCCCCCCCC)COP(=O)(O)OCC[N+](C)(C)C. The van der Waals surface area contributed by atoms with Crippen LogP contribution in [0.1, 0.15) is 200 Å². The quantitative estimate of drug-likeness (QED) is 0.0212. The first kappa shape index (κ1) is 60.5. The molecule has 2 unspecified atom stereocenters. The van der Waals surface area contributed by atoms with Gasteiger partial charge in [0.05, 0.1) is 27.7 Å². The van der Waals surface area contributed by atoms with Crippen molar-refractivity contribution in [2.75, 3.05) is 47.5 Å². The summed E-state index contributed by atoms with van der Waals surface area (Å²) in [5.41, 5.74) is 0. The molecule has 0 aromatic rings. The van der Waals surface area contributed by atoms with Crippen LogP contribution in [0.5, 0.6) is 0 Å². The summed E-state index contributed by atoms with van der Waals surface area (Å²) in [5, 5.41) is 0. The van der Waals surface area contributed by atoms with E-state index in [0.717, 1.165) is 83.5 Å². The first-order valence-electron chi connectivity index (χ1n) is 25.2. The van der Waals surface area contributed by atoms with Crippen molar-refractivity contribution in [3.8, 4) is 0 Å². The van der Waals surface area contributed by atoms with Gasteiger partial charge in [-0.3, -0.25) is 18.6 Å². The van der Waals surface area contributed by atoms with Crippen LogP contribution >= 0.6 is 7.82 Å². The molecule has 0 saturated carbocycles. The lowest BCUT2D eigenvalue weighted by atomic mass is 10.0. The van der Waals surface area contributed by atoms with Crippen molar-refractivity contribution in [3.05, 3.63) is 72.9 Å². The van der Waals surface area contributed by atoms with Crippen LogP contribution in [0.15, 0.2) is 72.9 Å². The molecule has 0 spiro atoms. The highest BCUT2D eigenvalue weighted by atomic mass is 31.2. The van der Waals surface area contributed by atoms with Crippen LogP contribution in [0, 0.1) is 0 Å². The van der Waals surface area contributed by atoms with Crippen LogP contribution in [-0.4, -0.2) is 74.9 Å². The lowest BCUT2D eigenvalue weighted by molar-refractivity contribution is -0.870. The summed E-state index contributed by atoms with van der Waals surface area (Å²) < 4.78 is 34.4. The van der Waals surface area contributed by atoms with Gasteiger partial charge in [-0.25, -0.2) is 4.57 Å². The summed E-state index contributed by atoms with van der Waals surface area (Å²) >= 11 is 0. The van der Waals surface area contributed by atoms with E-state index in [4.69, 9.17) is 18.5 Å². The standard InChI is InChI=1S/C53H94NO8P/c1-6-8-10-12-14-16-18-20-22-24-25-26-27-28-29-30-32-34-36-38-40-42-44-46-53(56)62-51(50-61-63(57,58)60-48-47-54(3,4)5)49-59-52(55)45-43-41-39-37-35-33-31-23-21-19-17-15-13-11-9-7-2/h8,10,14,16,20,22,25-26,28-29,32,34,51H,6-7,9,11-13,15,17-19,21,23-24,27,30-31,33,35-50H2,1-5H3/p+1/b10-8-,16-14-,22-20-,26-25-,29-28-,34-32-. The van der Waals surface area contributed by atoms with Crippen molar-refractivity contribution in [2.45, 2.75) is 206 Å². The Morgan fingerprint density at radius 2 is 0.905 bits per heavy atom. The number of phosphoric ester groups is 1. The zero-order valence-corrected chi connectivity index (χ0v) is 41.9. The minimum atomic E-state index is -4.39. The summed E-state index contributed by atoms with van der Waals surface area (Å²) in [7, 11) is 1.45. The topological polar surface area (TPSA) is 108 Å². The van der Waals surface area contributed by atoms with Gasteiger partial charge in [0.25, 0.3) is 0 Å². The smallest absolute Gasteiger partial charge is 0.462 e. The van der Waals surface area contributed by atoms with Crippen LogP contribution in [-0.2, 0) is 32.7 Å². The summed E-state index contributed by atoms with van der Waals surface area (Å²) in [6, 6.07) is 0. The van der Waals surface area contributed by atoms with Crippen LogP contribution in [0.3, 0.4) is 0 Å². The number of rotatable bonds is 45. The predicted octanol–water partition coefficient (Wildman–Crippen LogP) is 15.0. The molecule has 1 N–H and O–H groups in total. The highest BCUT2D eigenvalue weighted by Gasteiger charge is 2.27. The lowest BCUT2D eigenvalue weighted by Gasteiger charge is -2.24. The highest BCUT2D eigenvalue weighted by Crippen LogP contribution is 2.43. The van der Waals surface area contributed by atoms with E-state index in [0.29, 0.717) is 17.4 Å². The maximum atomic E-state index is 12.7. The Labute approximate surface area is 387 Å². The Morgan fingerprint density at radius 1 is 0.508 bits per heavy atom. The molecule has 2 atom stereocenters. The number of unbranched alkanes of at least 4 members (excludes halogenated alkanes) is 19. The number of carbonyl (C=O) groups is 2. The van der Waals surface area contributed by atoms with Crippen LogP contribution in [0.25, 0.3) is 0 Å². The van der Waals surface area contributed by atoms with Gasteiger partial charge >= 0.3 is 19.8 Å². The molecule has 0 heterocycles. The average Bonchev–Trinajstić information content (AvgIpc) is 3.24. The molecule has 0 rings (SSSR count). The third kappa shape index (κ3) is 48.7. The Kier molecular flexibility index (Phi) is 42.8. The van der Waals surface area contributed by atoms with Crippen LogP contribution in [0.2, 0.25) is 0 Å². The first-order chi connectivity index (χ1) is 30.5. The van der Waals surface area contributed by atoms with Gasteiger partial charge in [-0.15, -0.1) is 0 Å². The van der Waals surface area contributed by atoms with Crippen molar-refractivity contribution in [2.24, 2.45) is 0 Å². The average molecular weight is 905 g/mol. The van der Waals surface area contributed by atoms with E-state index in [1.807, 2.05) is 21.1 Å². The molecule has 0 saturated heterocycles. The highest BCUT2D eigenvalue weighted by molar-refractivity contribution is 7.47. The molecule has 0 aliphatic heterocycles. The third-order valence-corrected chi connectivity index (χ3v) is 11.5. The zero-order chi connectivity index (χ0) is 46.4. The minimum Gasteiger partial charge on any atom is -0.462 e. The number of ether oxygens (including phenoxy) is 2. The Balaban J connectivity index is 4.34. The number of nitrogens with zero attached hydrogens (tertiary/aromatic N) is 1. The predicted molar refractivity (Wildman–Crippen MR) is 266 cm³/mol. The maximum Gasteiger partial charge on any atom is 0.472 e. The van der Waals surface area contributed by atoms with Crippen LogP contribution in [0.4, 0.5) is 0 Å². The molecule has 0 aliphatic rings. The van der Waals surface area contributed by atoms with Crippen LogP contribution < -0.4 is 0 Å². The minimum absolute atomic E-state index is 0.0239. The van der Waals surface area contributed by atoms with E-state index < -0.39 is 26.5 Å². The molecular weight excluding hydrogens is 810 g/mol. The van der Waals surface area contributed by atoms with E-state index in [-0.39, 0.29) is 32.0 Å². The largest absolute Gasteiger partial charge is 0.472 e. The van der Waals surface area contributed by atoms with Crippen molar-refractivity contribution >= 4 is 19.8 Å². The second-order valence-corrected chi connectivity index (χ2v) is 19.3. The van der Waals surface area contributed by atoms with E-state index in [1.165, 1.54) is 83.5 Å². The Morgan fingerprint density at radius 3 is 1.35 bits per heavy atom. The van der Waals surface area contributed by atoms with Gasteiger partial charge in [-0.1, -0.05) is 196 Å². The number of quaternary nitrogens is 1. The zero-order valence-electron chi connectivity index (χ0n) is 41.0. The number of allylic oxidation sites excluding steroid dienone is 12. The first-order valence-corrected chi connectivity index (χ1v) is 26.7. The summed E-state index contributed by atoms with van der Waals surface area (Å²) in [6.07, 6.45) is 56.6. The van der Waals surface area contributed by atoms with Crippen molar-refractivity contribution < 1.29 is 42.1 Å². The fourth-order valence-corrected chi connectivity index (χ4v) is 7.35. The van der Waals surface area contributed by atoms with E-state index in [2.05, 4.69) is 86.8 Å². The molecule has 0 radical (unpaired) electrons. The number of esters is 2. The van der Waals surface area contributed by atoms with Gasteiger partial charge in [0.2, 0.25) is 0 Å². The molecule has 0 aromatic carbocycles. The summed E-state index contributed by atoms with van der Waals surface area (Å²) in [5.74, 6) is -0.826. The Bertz CT molecular complexity index is 1300. The monoisotopic (exact) mass is 905 g/mol. The maximum absolute atomic E-state index is 12.7. The molecule has 0 fully saturated rings. The third-order valence-electron chi connectivity index (χ3n) is 10.5. The second-order valence-electron chi connectivity index (χ2n) is 17.8. The fourth-order valence-electron chi connectivity index (χ4n) is 6.61. The van der Waals surface area contributed by atoms with Gasteiger partial charge in [0.15, 0.2) is 6.10 Å². The van der Waals surface area contributed by atoms with E-state index >= 15 is 0 Å². The number of hydrogen-bond donors (Lipinski definition) is 1. The fraction of sp³-hybridized carbons (Fsp3) is 0.736. The van der Waals surface area contributed by atoms with Gasteiger partial charge in [0, 0.05) is 12.8 Å². The number of phosphoric acid groups is 1. The van der Waals surface area contributed by atoms with Gasteiger partial charge in [0.1, 0.15) is 19.8 Å². The van der Waals surface area contributed by atoms with Gasteiger partial charge in [-0.05, 0) is 64.2 Å². The second kappa shape index (κ2) is 44.6. The normalized spacial score (nSPS) is 14.1. The molecule has 10 heteroatoms. The molecule has 0 aromatic heterocycles. The van der Waals surface area contributed by atoms with Crippen molar-refractivity contribution in [3.63, 3.8) is 0 Å².